The molecular weight excluding hydrogens is 232 g/mol. The highest BCUT2D eigenvalue weighted by Gasteiger charge is 2.13. The smallest absolute Gasteiger partial charge is 0.232 e. The molecule has 1 unspecified atom stereocenters. The predicted molar refractivity (Wildman–Crippen MR) is 74.1 cm³/mol. The molecule has 0 aliphatic rings. The molecule has 2 N–H and O–H groups in total. The molecule has 0 heterocycles. The third-order valence-electron chi connectivity index (χ3n) is 2.57. The van der Waals surface area contributed by atoms with E-state index < -0.39 is 0 Å². The van der Waals surface area contributed by atoms with Crippen LogP contribution in [0.2, 0.25) is 0 Å². The van der Waals surface area contributed by atoms with Gasteiger partial charge < -0.3 is 10.6 Å². The Morgan fingerprint density at radius 3 is 2.41 bits per heavy atom. The monoisotopic (exact) mass is 252 g/mol. The van der Waals surface area contributed by atoms with Crippen molar-refractivity contribution in [2.75, 3.05) is 26.4 Å². The summed E-state index contributed by atoms with van der Waals surface area (Å²) in [7, 11) is 3.54. The van der Waals surface area contributed by atoms with Crippen LogP contribution in [0.4, 0.5) is 0 Å². The van der Waals surface area contributed by atoms with Crippen molar-refractivity contribution in [3.63, 3.8) is 0 Å². The molecule has 1 rings (SSSR count). The van der Waals surface area contributed by atoms with Crippen LogP contribution in [0.3, 0.4) is 0 Å². The van der Waals surface area contributed by atoms with Crippen LogP contribution in [0.15, 0.2) is 24.3 Å². The van der Waals surface area contributed by atoms with Crippen LogP contribution >= 0.6 is 11.8 Å². The van der Waals surface area contributed by atoms with E-state index in [1.54, 1.807) is 30.8 Å². The summed E-state index contributed by atoms with van der Waals surface area (Å²) in [4.78, 5) is 13.1. The van der Waals surface area contributed by atoms with Gasteiger partial charge >= 0.3 is 0 Å². The highest BCUT2D eigenvalue weighted by atomic mass is 32.2. The number of nitrogens with zero attached hydrogens (tertiary/aromatic N) is 1. The third kappa shape index (κ3) is 4.40. The minimum Gasteiger partial charge on any atom is -0.348 e. The fourth-order valence-electron chi connectivity index (χ4n) is 1.38. The van der Waals surface area contributed by atoms with E-state index in [0.29, 0.717) is 12.3 Å². The summed E-state index contributed by atoms with van der Waals surface area (Å²) in [6.07, 6.45) is 0. The Morgan fingerprint density at radius 2 is 1.94 bits per heavy atom. The van der Waals surface area contributed by atoms with Gasteiger partial charge in [0.15, 0.2) is 0 Å². The summed E-state index contributed by atoms with van der Waals surface area (Å²) in [5.41, 5.74) is 8.18. The maximum absolute atomic E-state index is 11.5. The van der Waals surface area contributed by atoms with Crippen molar-refractivity contribution in [1.29, 1.82) is 0 Å². The van der Waals surface area contributed by atoms with Gasteiger partial charge in [0.2, 0.25) is 5.91 Å². The number of benzene rings is 1. The summed E-state index contributed by atoms with van der Waals surface area (Å²) in [5, 5.41) is 0.194. The van der Waals surface area contributed by atoms with Gasteiger partial charge in [-0.3, -0.25) is 4.79 Å². The summed E-state index contributed by atoms with van der Waals surface area (Å²) in [6.45, 7) is 2.61. The first-order chi connectivity index (χ1) is 8.04. The van der Waals surface area contributed by atoms with E-state index in [4.69, 9.17) is 5.73 Å². The minimum atomic E-state index is 0.126. The van der Waals surface area contributed by atoms with E-state index in [2.05, 4.69) is 31.2 Å². The zero-order valence-corrected chi connectivity index (χ0v) is 11.5. The van der Waals surface area contributed by atoms with E-state index >= 15 is 0 Å². The van der Waals surface area contributed by atoms with Crippen molar-refractivity contribution < 1.29 is 4.79 Å². The Hall–Kier alpha value is -1.00. The van der Waals surface area contributed by atoms with Crippen LogP contribution in [0, 0.1) is 6.92 Å². The highest BCUT2D eigenvalue weighted by molar-refractivity contribution is 8.00. The fourth-order valence-corrected chi connectivity index (χ4v) is 2.47. The van der Waals surface area contributed by atoms with Gasteiger partial charge in [-0.1, -0.05) is 29.8 Å². The fraction of sp³-hybridized carbons (Fsp3) is 0.462. The lowest BCUT2D eigenvalue weighted by atomic mass is 10.1. The van der Waals surface area contributed by atoms with Crippen molar-refractivity contribution in [2.24, 2.45) is 5.73 Å². The zero-order valence-electron chi connectivity index (χ0n) is 10.6. The van der Waals surface area contributed by atoms with Crippen LogP contribution in [0.5, 0.6) is 0 Å². The average molecular weight is 252 g/mol. The molecule has 0 radical (unpaired) electrons. The molecule has 0 fully saturated rings. The van der Waals surface area contributed by atoms with Crippen LogP contribution in [0.1, 0.15) is 16.4 Å². The van der Waals surface area contributed by atoms with Gasteiger partial charge in [-0.25, -0.2) is 0 Å². The number of rotatable bonds is 5. The first kappa shape index (κ1) is 14.1. The predicted octanol–water partition coefficient (Wildman–Crippen LogP) is 1.82. The Balaban J connectivity index is 2.60. The maximum atomic E-state index is 11.5. The van der Waals surface area contributed by atoms with E-state index in [1.165, 1.54) is 11.1 Å². The van der Waals surface area contributed by atoms with E-state index in [9.17, 15) is 4.79 Å². The van der Waals surface area contributed by atoms with E-state index in [0.717, 1.165) is 0 Å². The number of hydrogen-bond acceptors (Lipinski definition) is 3. The van der Waals surface area contributed by atoms with Gasteiger partial charge in [-0.2, -0.15) is 0 Å². The second kappa shape index (κ2) is 6.67. The van der Waals surface area contributed by atoms with Gasteiger partial charge in [-0.05, 0) is 12.5 Å². The van der Waals surface area contributed by atoms with Crippen molar-refractivity contribution >= 4 is 17.7 Å². The molecule has 0 bridgehead atoms. The molecule has 0 aromatic heterocycles. The second-order valence-corrected chi connectivity index (χ2v) is 5.43. The molecule has 0 spiro atoms. The number of amides is 1. The lowest BCUT2D eigenvalue weighted by molar-refractivity contribution is -0.125. The van der Waals surface area contributed by atoms with Crippen molar-refractivity contribution in [3.8, 4) is 0 Å². The average Bonchev–Trinajstić information content (AvgIpc) is 2.31. The van der Waals surface area contributed by atoms with Crippen LogP contribution in [-0.2, 0) is 4.79 Å². The topological polar surface area (TPSA) is 46.3 Å². The minimum absolute atomic E-state index is 0.126. The third-order valence-corrected chi connectivity index (χ3v) is 3.85. The highest BCUT2D eigenvalue weighted by Crippen LogP contribution is 2.27. The van der Waals surface area contributed by atoms with Crippen LogP contribution in [-0.4, -0.2) is 37.2 Å². The quantitative estimate of drug-likeness (QED) is 0.869. The molecule has 1 atom stereocenters. The van der Waals surface area contributed by atoms with Gasteiger partial charge in [-0.15, -0.1) is 11.8 Å². The number of thioether (sulfide) groups is 1. The van der Waals surface area contributed by atoms with Gasteiger partial charge in [0.1, 0.15) is 0 Å². The summed E-state index contributed by atoms with van der Waals surface area (Å²) >= 11 is 1.60. The molecule has 0 saturated carbocycles. The van der Waals surface area contributed by atoms with E-state index in [-0.39, 0.29) is 11.2 Å². The standard InChI is InChI=1S/C13H20N2OS/c1-10-4-6-11(7-5-10)12(8-14)17-9-13(16)15(2)3/h4-7,12H,8-9,14H2,1-3H3. The normalized spacial score (nSPS) is 12.2. The zero-order chi connectivity index (χ0) is 12.8. The Morgan fingerprint density at radius 1 is 1.35 bits per heavy atom. The summed E-state index contributed by atoms with van der Waals surface area (Å²) < 4.78 is 0. The van der Waals surface area contributed by atoms with Crippen LogP contribution < -0.4 is 5.73 Å². The molecule has 4 heteroatoms. The van der Waals surface area contributed by atoms with Gasteiger partial charge in [0.05, 0.1) is 5.75 Å². The molecule has 0 saturated heterocycles. The molecule has 94 valence electrons. The first-order valence-electron chi connectivity index (χ1n) is 5.63. The van der Waals surface area contributed by atoms with Gasteiger partial charge in [0, 0.05) is 25.9 Å². The number of hydrogen-bond donors (Lipinski definition) is 1. The number of nitrogens with two attached hydrogens (primary N) is 1. The van der Waals surface area contributed by atoms with Crippen molar-refractivity contribution in [3.05, 3.63) is 35.4 Å². The molecule has 17 heavy (non-hydrogen) atoms. The van der Waals surface area contributed by atoms with Crippen LogP contribution in [0.25, 0.3) is 0 Å². The lowest BCUT2D eigenvalue weighted by Crippen LogP contribution is -2.24. The summed E-state index contributed by atoms with van der Waals surface area (Å²) in [5.74, 6) is 0.600. The molecule has 0 aliphatic carbocycles. The SMILES string of the molecule is Cc1ccc(C(CN)SCC(=O)N(C)C)cc1. The summed E-state index contributed by atoms with van der Waals surface area (Å²) in [6, 6.07) is 8.32. The lowest BCUT2D eigenvalue weighted by Gasteiger charge is -2.16. The molecule has 1 aromatic carbocycles. The molecule has 3 nitrogen and oxygen atoms in total. The Bertz CT molecular complexity index is 362. The number of carbonyl (C=O) groups is 1. The molecule has 0 aliphatic heterocycles. The largest absolute Gasteiger partial charge is 0.348 e. The Labute approximate surface area is 107 Å². The Kier molecular flexibility index (Phi) is 5.51. The van der Waals surface area contributed by atoms with Crippen molar-refractivity contribution in [2.45, 2.75) is 12.2 Å². The first-order valence-corrected chi connectivity index (χ1v) is 6.68. The van der Waals surface area contributed by atoms with Gasteiger partial charge in [0.25, 0.3) is 0 Å². The molecular formula is C13H20N2OS. The van der Waals surface area contributed by atoms with E-state index in [1.807, 2.05) is 0 Å². The number of carbonyl (C=O) groups excluding carboxylic acids is 1. The number of aryl methyl sites for hydroxylation is 1. The second-order valence-electron chi connectivity index (χ2n) is 4.23. The molecule has 1 amide bonds. The maximum Gasteiger partial charge on any atom is 0.232 e. The van der Waals surface area contributed by atoms with Crippen molar-refractivity contribution in [1.82, 2.24) is 4.90 Å². The molecule has 1 aromatic rings.